The van der Waals surface area contributed by atoms with Gasteiger partial charge in [-0.25, -0.2) is 4.98 Å². The van der Waals surface area contributed by atoms with Gasteiger partial charge in [0.05, 0.1) is 4.92 Å². The van der Waals surface area contributed by atoms with E-state index in [1.165, 1.54) is 12.3 Å². The molecule has 0 fully saturated rings. The average molecular weight is 312 g/mol. The number of nitro groups is 1. The van der Waals surface area contributed by atoms with E-state index in [0.29, 0.717) is 13.0 Å². The molecular weight excluding hydrogens is 302 g/mol. The first kappa shape index (κ1) is 14.4. The number of carbonyl (C=O) groups excluding carboxylic acids is 1. The number of amides is 1. The number of halogens is 1. The Kier molecular flexibility index (Phi) is 4.65. The van der Waals surface area contributed by atoms with Crippen molar-refractivity contribution in [2.24, 2.45) is 0 Å². The number of hydrogen-bond donors (Lipinski definition) is 1. The Bertz CT molecular complexity index is 631. The van der Waals surface area contributed by atoms with Crippen LogP contribution in [0.15, 0.2) is 29.8 Å². The van der Waals surface area contributed by atoms with Crippen molar-refractivity contribution in [1.29, 1.82) is 0 Å². The molecule has 2 aromatic rings. The number of rotatable bonds is 5. The van der Waals surface area contributed by atoms with Crippen LogP contribution in [0.5, 0.6) is 0 Å². The largest absolute Gasteiger partial charge is 0.351 e. The molecule has 20 heavy (non-hydrogen) atoms. The van der Waals surface area contributed by atoms with Crippen LogP contribution in [-0.2, 0) is 6.42 Å². The first-order chi connectivity index (χ1) is 9.59. The van der Waals surface area contributed by atoms with Crippen LogP contribution >= 0.6 is 22.9 Å². The van der Waals surface area contributed by atoms with Crippen molar-refractivity contribution in [1.82, 2.24) is 10.3 Å². The normalized spacial score (nSPS) is 10.2. The third-order valence-corrected chi connectivity index (χ3v) is 3.76. The molecule has 2 heterocycles. The highest BCUT2D eigenvalue weighted by Crippen LogP contribution is 2.25. The van der Waals surface area contributed by atoms with Crippen LogP contribution < -0.4 is 5.32 Å². The number of nitrogens with zero attached hydrogens (tertiary/aromatic N) is 2. The molecule has 0 aromatic carbocycles. The lowest BCUT2D eigenvalue weighted by molar-refractivity contribution is -0.385. The molecule has 8 heteroatoms. The third kappa shape index (κ3) is 3.31. The Hall–Kier alpha value is -1.99. The van der Waals surface area contributed by atoms with Gasteiger partial charge in [0, 0.05) is 17.6 Å². The summed E-state index contributed by atoms with van der Waals surface area (Å²) in [5.74, 6) is -0.530. The van der Waals surface area contributed by atoms with E-state index in [4.69, 9.17) is 11.6 Å². The summed E-state index contributed by atoms with van der Waals surface area (Å²) in [6, 6.07) is 5.17. The van der Waals surface area contributed by atoms with E-state index in [-0.39, 0.29) is 10.7 Å². The van der Waals surface area contributed by atoms with Gasteiger partial charge in [-0.2, -0.15) is 0 Å². The second-order valence-electron chi connectivity index (χ2n) is 3.84. The Morgan fingerprint density at radius 1 is 1.50 bits per heavy atom. The molecule has 0 unspecified atom stereocenters. The summed E-state index contributed by atoms with van der Waals surface area (Å²) in [5.41, 5.74) is -0.552. The Labute approximate surface area is 123 Å². The molecule has 1 N–H and O–H groups in total. The van der Waals surface area contributed by atoms with Gasteiger partial charge in [-0.1, -0.05) is 17.7 Å². The molecule has 0 aliphatic heterocycles. The topological polar surface area (TPSA) is 85.1 Å². The molecule has 0 saturated carbocycles. The van der Waals surface area contributed by atoms with Gasteiger partial charge in [0.1, 0.15) is 5.56 Å². The maximum absolute atomic E-state index is 12.0. The SMILES string of the molecule is O=C(NCCc1cccs1)c1ccnc(Cl)c1[N+](=O)[O-]. The van der Waals surface area contributed by atoms with Crippen molar-refractivity contribution in [2.45, 2.75) is 6.42 Å². The molecule has 0 aliphatic rings. The minimum Gasteiger partial charge on any atom is -0.351 e. The molecule has 0 aliphatic carbocycles. The predicted molar refractivity (Wildman–Crippen MR) is 76.3 cm³/mol. The number of aromatic nitrogens is 1. The molecular formula is C12H10ClN3O3S. The van der Waals surface area contributed by atoms with E-state index in [2.05, 4.69) is 10.3 Å². The first-order valence-corrected chi connectivity index (χ1v) is 6.95. The standard InChI is InChI=1S/C12H10ClN3O3S/c13-11-10(16(18)19)9(4-6-14-11)12(17)15-5-3-8-2-1-7-20-8/h1-2,4,6-7H,3,5H2,(H,15,17). The molecule has 1 amide bonds. The minimum atomic E-state index is -0.705. The molecule has 0 spiro atoms. The van der Waals surface area contributed by atoms with Gasteiger partial charge in [0.25, 0.3) is 5.91 Å². The van der Waals surface area contributed by atoms with E-state index in [0.717, 1.165) is 4.88 Å². The van der Waals surface area contributed by atoms with E-state index in [1.807, 2.05) is 17.5 Å². The fraction of sp³-hybridized carbons (Fsp3) is 0.167. The zero-order valence-electron chi connectivity index (χ0n) is 10.2. The number of carbonyl (C=O) groups is 1. The van der Waals surface area contributed by atoms with Gasteiger partial charge in [-0.15, -0.1) is 11.3 Å². The van der Waals surface area contributed by atoms with Gasteiger partial charge >= 0.3 is 5.69 Å². The summed E-state index contributed by atoms with van der Waals surface area (Å²) < 4.78 is 0. The maximum Gasteiger partial charge on any atom is 0.319 e. The summed E-state index contributed by atoms with van der Waals surface area (Å²) in [5, 5.41) is 15.2. The fourth-order valence-corrected chi connectivity index (χ4v) is 2.57. The average Bonchev–Trinajstić information content (AvgIpc) is 2.91. The van der Waals surface area contributed by atoms with Crippen molar-refractivity contribution in [3.05, 3.63) is 55.5 Å². The molecule has 0 atom stereocenters. The van der Waals surface area contributed by atoms with Crippen molar-refractivity contribution in [2.75, 3.05) is 6.54 Å². The van der Waals surface area contributed by atoms with E-state index in [1.54, 1.807) is 11.3 Å². The zero-order chi connectivity index (χ0) is 14.5. The fourth-order valence-electron chi connectivity index (χ4n) is 1.63. The molecule has 104 valence electrons. The molecule has 6 nitrogen and oxygen atoms in total. The molecule has 2 rings (SSSR count). The van der Waals surface area contributed by atoms with Gasteiger partial charge in [0.2, 0.25) is 5.15 Å². The smallest absolute Gasteiger partial charge is 0.319 e. The Morgan fingerprint density at radius 3 is 2.95 bits per heavy atom. The third-order valence-electron chi connectivity index (χ3n) is 2.54. The second kappa shape index (κ2) is 6.44. The quantitative estimate of drug-likeness (QED) is 0.522. The second-order valence-corrected chi connectivity index (χ2v) is 5.23. The van der Waals surface area contributed by atoms with Crippen molar-refractivity contribution in [3.63, 3.8) is 0 Å². The highest BCUT2D eigenvalue weighted by atomic mass is 35.5. The first-order valence-electron chi connectivity index (χ1n) is 5.69. The maximum atomic E-state index is 12.0. The van der Waals surface area contributed by atoms with E-state index in [9.17, 15) is 14.9 Å². The Morgan fingerprint density at radius 2 is 2.30 bits per heavy atom. The van der Waals surface area contributed by atoms with Crippen LogP contribution in [-0.4, -0.2) is 22.4 Å². The summed E-state index contributed by atoms with van der Waals surface area (Å²) >= 11 is 7.24. The number of pyridine rings is 1. The molecule has 0 radical (unpaired) electrons. The van der Waals surface area contributed by atoms with Crippen LogP contribution in [0.3, 0.4) is 0 Å². The number of hydrogen-bond acceptors (Lipinski definition) is 5. The predicted octanol–water partition coefficient (Wildman–Crippen LogP) is 2.68. The van der Waals surface area contributed by atoms with Crippen LogP contribution in [0.2, 0.25) is 5.15 Å². The van der Waals surface area contributed by atoms with Crippen LogP contribution in [0.1, 0.15) is 15.2 Å². The summed E-state index contributed by atoms with van der Waals surface area (Å²) in [4.78, 5) is 26.9. The van der Waals surface area contributed by atoms with Gasteiger partial charge in [-0.05, 0) is 23.9 Å². The monoisotopic (exact) mass is 311 g/mol. The van der Waals surface area contributed by atoms with Crippen LogP contribution in [0.4, 0.5) is 5.69 Å². The summed E-state index contributed by atoms with van der Waals surface area (Å²) in [6.45, 7) is 0.399. The van der Waals surface area contributed by atoms with E-state index < -0.39 is 16.5 Å². The minimum absolute atomic E-state index is 0.0822. The van der Waals surface area contributed by atoms with Gasteiger partial charge in [-0.3, -0.25) is 14.9 Å². The highest BCUT2D eigenvalue weighted by molar-refractivity contribution is 7.09. The number of nitrogens with one attached hydrogen (secondary N) is 1. The van der Waals surface area contributed by atoms with Crippen LogP contribution in [0, 0.1) is 10.1 Å². The summed E-state index contributed by atoms with van der Waals surface area (Å²) in [7, 11) is 0. The van der Waals surface area contributed by atoms with Gasteiger partial charge < -0.3 is 5.32 Å². The van der Waals surface area contributed by atoms with Gasteiger partial charge in [0.15, 0.2) is 0 Å². The lowest BCUT2D eigenvalue weighted by Crippen LogP contribution is -2.26. The highest BCUT2D eigenvalue weighted by Gasteiger charge is 2.24. The molecule has 0 bridgehead atoms. The van der Waals surface area contributed by atoms with Crippen molar-refractivity contribution < 1.29 is 9.72 Å². The van der Waals surface area contributed by atoms with Crippen LogP contribution in [0.25, 0.3) is 0 Å². The summed E-state index contributed by atoms with van der Waals surface area (Å²) in [6.07, 6.45) is 1.94. The Balaban J connectivity index is 2.06. The van der Waals surface area contributed by atoms with E-state index >= 15 is 0 Å². The van der Waals surface area contributed by atoms with Crippen molar-refractivity contribution in [3.8, 4) is 0 Å². The molecule has 2 aromatic heterocycles. The lowest BCUT2D eigenvalue weighted by Gasteiger charge is -2.05. The lowest BCUT2D eigenvalue weighted by atomic mass is 10.2. The number of thiophene rings is 1. The van der Waals surface area contributed by atoms with Crippen molar-refractivity contribution >= 4 is 34.5 Å². The molecule has 0 saturated heterocycles. The zero-order valence-corrected chi connectivity index (χ0v) is 11.8.